The Morgan fingerprint density at radius 1 is 1.44 bits per heavy atom. The Balaban J connectivity index is 1.76. The van der Waals surface area contributed by atoms with Gasteiger partial charge >= 0.3 is 0 Å². The fourth-order valence-corrected chi connectivity index (χ4v) is 3.54. The Labute approximate surface area is 109 Å². The second-order valence-corrected chi connectivity index (χ2v) is 5.71. The first-order valence-electron chi connectivity index (χ1n) is 7.09. The van der Waals surface area contributed by atoms with Crippen molar-refractivity contribution < 1.29 is 4.74 Å². The van der Waals surface area contributed by atoms with Gasteiger partial charge in [-0.25, -0.2) is 4.98 Å². The Bertz CT molecular complexity index is 395. The van der Waals surface area contributed by atoms with E-state index in [0.717, 1.165) is 13.2 Å². The Kier molecular flexibility index (Phi) is 3.39. The summed E-state index contributed by atoms with van der Waals surface area (Å²) in [7, 11) is 1.75. The standard InChI is InChI=1S/C14H23N3O/c1-18-10-9-17-8-7-15-13(17)12-14(11-16-12)5-3-2-4-6-14/h7-8,12,16H,2-6,9-11H2,1H3/t12-/m1/s1. The van der Waals surface area contributed by atoms with Gasteiger partial charge in [0.15, 0.2) is 0 Å². The summed E-state index contributed by atoms with van der Waals surface area (Å²) < 4.78 is 7.42. The third kappa shape index (κ3) is 1.97. The van der Waals surface area contributed by atoms with Crippen molar-refractivity contribution in [2.45, 2.75) is 44.7 Å². The molecule has 1 aromatic rings. The smallest absolute Gasteiger partial charge is 0.126 e. The van der Waals surface area contributed by atoms with Crippen molar-refractivity contribution in [1.29, 1.82) is 0 Å². The second kappa shape index (κ2) is 5.02. The minimum absolute atomic E-state index is 0.463. The molecule has 1 spiro atoms. The zero-order valence-electron chi connectivity index (χ0n) is 11.2. The van der Waals surface area contributed by atoms with Crippen LogP contribution in [0.1, 0.15) is 44.0 Å². The normalized spacial score (nSPS) is 26.2. The van der Waals surface area contributed by atoms with Crippen LogP contribution in [0.25, 0.3) is 0 Å². The van der Waals surface area contributed by atoms with Crippen molar-refractivity contribution in [1.82, 2.24) is 14.9 Å². The predicted octanol–water partition coefficient (Wildman–Crippen LogP) is 2.12. The Morgan fingerprint density at radius 3 is 2.94 bits per heavy atom. The van der Waals surface area contributed by atoms with Crippen molar-refractivity contribution in [2.75, 3.05) is 20.3 Å². The summed E-state index contributed by atoms with van der Waals surface area (Å²) in [4.78, 5) is 4.59. The summed E-state index contributed by atoms with van der Waals surface area (Å²) in [6.07, 6.45) is 10.9. The monoisotopic (exact) mass is 249 g/mol. The number of hydrogen-bond donors (Lipinski definition) is 1. The van der Waals surface area contributed by atoms with E-state index < -0.39 is 0 Å². The van der Waals surface area contributed by atoms with Gasteiger partial charge in [0.05, 0.1) is 12.6 Å². The highest BCUT2D eigenvalue weighted by molar-refractivity contribution is 5.14. The molecule has 1 saturated carbocycles. The lowest BCUT2D eigenvalue weighted by atomic mass is 9.64. The van der Waals surface area contributed by atoms with Gasteiger partial charge < -0.3 is 14.6 Å². The highest BCUT2D eigenvalue weighted by Gasteiger charge is 2.49. The Morgan fingerprint density at radius 2 is 2.28 bits per heavy atom. The average Bonchev–Trinajstić information content (AvgIpc) is 2.84. The fourth-order valence-electron chi connectivity index (χ4n) is 3.54. The molecule has 0 radical (unpaired) electrons. The van der Waals surface area contributed by atoms with E-state index in [-0.39, 0.29) is 0 Å². The van der Waals surface area contributed by atoms with Gasteiger partial charge in [0.1, 0.15) is 5.82 Å². The fraction of sp³-hybridized carbons (Fsp3) is 0.786. The molecule has 2 aliphatic rings. The molecule has 2 heterocycles. The number of ether oxygens (including phenoxy) is 1. The van der Waals surface area contributed by atoms with Crippen molar-refractivity contribution in [3.63, 3.8) is 0 Å². The molecule has 100 valence electrons. The molecule has 1 aromatic heterocycles. The maximum absolute atomic E-state index is 5.17. The largest absolute Gasteiger partial charge is 0.383 e. The van der Waals surface area contributed by atoms with Gasteiger partial charge in [-0.15, -0.1) is 0 Å². The van der Waals surface area contributed by atoms with Crippen LogP contribution in [0.15, 0.2) is 12.4 Å². The molecule has 1 atom stereocenters. The first kappa shape index (κ1) is 12.2. The van der Waals surface area contributed by atoms with E-state index in [1.165, 1.54) is 44.5 Å². The van der Waals surface area contributed by atoms with Gasteiger partial charge in [0, 0.05) is 38.0 Å². The van der Waals surface area contributed by atoms with Crippen LogP contribution in [0.2, 0.25) is 0 Å². The highest BCUT2D eigenvalue weighted by atomic mass is 16.5. The molecule has 0 unspecified atom stereocenters. The number of imidazole rings is 1. The minimum atomic E-state index is 0.463. The van der Waals surface area contributed by atoms with E-state index in [4.69, 9.17) is 4.74 Å². The zero-order valence-corrected chi connectivity index (χ0v) is 11.2. The lowest BCUT2D eigenvalue weighted by Gasteiger charge is -2.52. The van der Waals surface area contributed by atoms with Gasteiger partial charge in [0.2, 0.25) is 0 Å². The molecular formula is C14H23N3O. The first-order chi connectivity index (χ1) is 8.86. The van der Waals surface area contributed by atoms with E-state index >= 15 is 0 Å². The zero-order chi connectivity index (χ0) is 12.4. The topological polar surface area (TPSA) is 39.1 Å². The molecule has 0 aromatic carbocycles. The minimum Gasteiger partial charge on any atom is -0.383 e. The molecule has 2 fully saturated rings. The summed E-state index contributed by atoms with van der Waals surface area (Å²) >= 11 is 0. The molecule has 1 N–H and O–H groups in total. The SMILES string of the molecule is COCCn1ccnc1[C@H]1NCC12CCCCC2. The van der Waals surface area contributed by atoms with Crippen LogP contribution < -0.4 is 5.32 Å². The van der Waals surface area contributed by atoms with Gasteiger partial charge in [-0.05, 0) is 12.8 Å². The van der Waals surface area contributed by atoms with Crippen molar-refractivity contribution in [3.05, 3.63) is 18.2 Å². The number of rotatable bonds is 4. The van der Waals surface area contributed by atoms with Crippen LogP contribution in [0.4, 0.5) is 0 Å². The maximum Gasteiger partial charge on any atom is 0.126 e. The third-order valence-electron chi connectivity index (χ3n) is 4.66. The molecule has 3 rings (SSSR count). The summed E-state index contributed by atoms with van der Waals surface area (Å²) in [6, 6.07) is 0.463. The van der Waals surface area contributed by atoms with Gasteiger partial charge in [0.25, 0.3) is 0 Å². The van der Waals surface area contributed by atoms with Crippen LogP contribution in [0.5, 0.6) is 0 Å². The van der Waals surface area contributed by atoms with Gasteiger partial charge in [-0.1, -0.05) is 19.3 Å². The van der Waals surface area contributed by atoms with E-state index in [1.54, 1.807) is 7.11 Å². The number of methoxy groups -OCH3 is 1. The number of aromatic nitrogens is 2. The molecular weight excluding hydrogens is 226 g/mol. The van der Waals surface area contributed by atoms with Gasteiger partial charge in [-0.3, -0.25) is 0 Å². The predicted molar refractivity (Wildman–Crippen MR) is 70.4 cm³/mol. The van der Waals surface area contributed by atoms with E-state index in [0.29, 0.717) is 11.5 Å². The summed E-state index contributed by atoms with van der Waals surface area (Å²) in [5.41, 5.74) is 0.494. The van der Waals surface area contributed by atoms with Crippen LogP contribution >= 0.6 is 0 Å². The molecule has 1 aliphatic heterocycles. The van der Waals surface area contributed by atoms with Crippen molar-refractivity contribution >= 4 is 0 Å². The third-order valence-corrected chi connectivity index (χ3v) is 4.66. The summed E-state index contributed by atoms with van der Waals surface area (Å²) in [5.74, 6) is 1.21. The van der Waals surface area contributed by atoms with Crippen molar-refractivity contribution in [3.8, 4) is 0 Å². The first-order valence-corrected chi connectivity index (χ1v) is 7.09. The van der Waals surface area contributed by atoms with Crippen molar-refractivity contribution in [2.24, 2.45) is 5.41 Å². The maximum atomic E-state index is 5.17. The van der Waals surface area contributed by atoms with E-state index in [9.17, 15) is 0 Å². The quantitative estimate of drug-likeness (QED) is 0.888. The highest BCUT2D eigenvalue weighted by Crippen LogP contribution is 2.50. The molecule has 4 nitrogen and oxygen atoms in total. The average molecular weight is 249 g/mol. The number of nitrogens with zero attached hydrogens (tertiary/aromatic N) is 2. The summed E-state index contributed by atoms with van der Waals surface area (Å²) in [6.45, 7) is 2.83. The van der Waals surface area contributed by atoms with Crippen LogP contribution in [0.3, 0.4) is 0 Å². The second-order valence-electron chi connectivity index (χ2n) is 5.71. The van der Waals surface area contributed by atoms with Crippen LogP contribution in [0, 0.1) is 5.41 Å². The molecule has 0 amide bonds. The van der Waals surface area contributed by atoms with E-state index in [1.807, 2.05) is 6.20 Å². The summed E-state index contributed by atoms with van der Waals surface area (Å²) in [5, 5.41) is 3.60. The number of hydrogen-bond acceptors (Lipinski definition) is 3. The molecule has 18 heavy (non-hydrogen) atoms. The van der Waals surface area contributed by atoms with Crippen LogP contribution in [-0.2, 0) is 11.3 Å². The molecule has 4 heteroatoms. The lowest BCUT2D eigenvalue weighted by Crippen LogP contribution is -2.57. The Hall–Kier alpha value is -0.870. The van der Waals surface area contributed by atoms with E-state index in [2.05, 4.69) is 21.1 Å². The number of nitrogens with one attached hydrogen (secondary N) is 1. The van der Waals surface area contributed by atoms with Gasteiger partial charge in [-0.2, -0.15) is 0 Å². The lowest BCUT2D eigenvalue weighted by molar-refractivity contribution is 0.0284. The molecule has 1 saturated heterocycles. The molecule has 1 aliphatic carbocycles. The van der Waals surface area contributed by atoms with Crippen LogP contribution in [-0.4, -0.2) is 29.8 Å². The molecule has 0 bridgehead atoms.